The molecule has 144 valence electrons. The van der Waals surface area contributed by atoms with Crippen LogP contribution in [0.5, 0.6) is 0 Å². The van der Waals surface area contributed by atoms with Gasteiger partial charge in [-0.15, -0.1) is 0 Å². The van der Waals surface area contributed by atoms with Crippen molar-refractivity contribution in [1.29, 1.82) is 0 Å². The molecule has 1 aliphatic carbocycles. The minimum absolute atomic E-state index is 0.0193. The van der Waals surface area contributed by atoms with E-state index in [2.05, 4.69) is 6.92 Å². The number of aliphatic hydroxyl groups is 2. The van der Waals surface area contributed by atoms with Crippen molar-refractivity contribution in [2.45, 2.75) is 89.8 Å². The van der Waals surface area contributed by atoms with E-state index in [1.165, 1.54) is 0 Å². The van der Waals surface area contributed by atoms with Crippen molar-refractivity contribution in [1.82, 2.24) is 0 Å². The Morgan fingerprint density at radius 1 is 0.960 bits per heavy atom. The molecular formula is C20H34O5. The van der Waals surface area contributed by atoms with Crippen molar-refractivity contribution >= 4 is 11.8 Å². The number of hydrogen-bond acceptors (Lipinski definition) is 4. The third-order valence-electron chi connectivity index (χ3n) is 5.17. The van der Waals surface area contributed by atoms with Crippen molar-refractivity contribution in [3.8, 4) is 0 Å². The molecule has 4 atom stereocenters. The summed E-state index contributed by atoms with van der Waals surface area (Å²) >= 11 is 0. The number of hydrogen-bond donors (Lipinski definition) is 3. The largest absolute Gasteiger partial charge is 0.481 e. The number of aliphatic carboxylic acids is 1. The summed E-state index contributed by atoms with van der Waals surface area (Å²) in [6, 6.07) is 0. The summed E-state index contributed by atoms with van der Waals surface area (Å²) in [5.41, 5.74) is 0. The molecule has 3 N–H and O–H groups in total. The third-order valence-corrected chi connectivity index (χ3v) is 5.17. The van der Waals surface area contributed by atoms with Gasteiger partial charge in [0.05, 0.1) is 12.2 Å². The summed E-state index contributed by atoms with van der Waals surface area (Å²) in [6.45, 7) is 2.11. The zero-order chi connectivity index (χ0) is 18.7. The molecule has 1 aliphatic rings. The molecule has 0 radical (unpaired) electrons. The monoisotopic (exact) mass is 354 g/mol. The van der Waals surface area contributed by atoms with Crippen LogP contribution < -0.4 is 0 Å². The van der Waals surface area contributed by atoms with Crippen LogP contribution >= 0.6 is 0 Å². The molecule has 0 aromatic carbocycles. The number of carboxylic acid groups (broad SMARTS) is 1. The number of unbranched alkanes of at least 4 members (excludes halogenated alkanes) is 3. The summed E-state index contributed by atoms with van der Waals surface area (Å²) in [5.74, 6) is -0.584. The van der Waals surface area contributed by atoms with E-state index in [0.29, 0.717) is 44.9 Å². The Morgan fingerprint density at radius 2 is 1.68 bits per heavy atom. The maximum Gasteiger partial charge on any atom is 0.303 e. The lowest BCUT2D eigenvalue weighted by Gasteiger charge is -2.22. The summed E-state index contributed by atoms with van der Waals surface area (Å²) in [5, 5.41) is 29.0. The fourth-order valence-electron chi connectivity index (χ4n) is 3.67. The molecule has 0 bridgehead atoms. The maximum atomic E-state index is 12.0. The summed E-state index contributed by atoms with van der Waals surface area (Å²) in [4.78, 5) is 22.4. The lowest BCUT2D eigenvalue weighted by molar-refractivity contribution is -0.137. The van der Waals surface area contributed by atoms with Crippen LogP contribution in [-0.2, 0) is 9.59 Å². The Hall–Kier alpha value is -1.20. The van der Waals surface area contributed by atoms with Crippen LogP contribution in [0.4, 0.5) is 0 Å². The number of Topliss-reactive ketones (excluding diaryl/α,β-unsaturated/α-hetero) is 1. The lowest BCUT2D eigenvalue weighted by Crippen LogP contribution is -2.22. The summed E-state index contributed by atoms with van der Waals surface area (Å²) in [7, 11) is 0. The van der Waals surface area contributed by atoms with E-state index in [9.17, 15) is 19.8 Å². The highest BCUT2D eigenvalue weighted by Gasteiger charge is 2.40. The minimum atomic E-state index is -0.786. The van der Waals surface area contributed by atoms with Crippen molar-refractivity contribution in [3.63, 3.8) is 0 Å². The topological polar surface area (TPSA) is 94.8 Å². The van der Waals surface area contributed by atoms with Crippen molar-refractivity contribution in [3.05, 3.63) is 12.2 Å². The molecule has 0 aliphatic heterocycles. The Kier molecular flexibility index (Phi) is 10.7. The molecule has 1 rings (SSSR count). The van der Waals surface area contributed by atoms with E-state index >= 15 is 0 Å². The maximum absolute atomic E-state index is 12.0. The van der Waals surface area contributed by atoms with Crippen molar-refractivity contribution < 1.29 is 24.9 Å². The minimum Gasteiger partial charge on any atom is -0.481 e. The molecule has 0 aromatic rings. The second-order valence-corrected chi connectivity index (χ2v) is 7.23. The van der Waals surface area contributed by atoms with Crippen molar-refractivity contribution in [2.24, 2.45) is 11.8 Å². The fourth-order valence-corrected chi connectivity index (χ4v) is 3.67. The van der Waals surface area contributed by atoms with Crippen LogP contribution in [0.25, 0.3) is 0 Å². The normalized spacial score (nSPS) is 26.4. The highest BCUT2D eigenvalue weighted by molar-refractivity contribution is 5.78. The average Bonchev–Trinajstić information content (AvgIpc) is 2.82. The van der Waals surface area contributed by atoms with E-state index in [1.807, 2.05) is 12.2 Å². The van der Waals surface area contributed by atoms with Crippen LogP contribution in [0.2, 0.25) is 0 Å². The standard InChI is InChI=1S/C20H34O5/c1-2-3-6-9-15(21)12-13-17-16(18(22)14-19(17)23)10-7-4-5-8-11-20(24)25/h4,7,16-19,22-23H,2-3,5-6,8-14H2,1H3,(H,24,25)/b7-4+/t16-,17+,18+,19-/m1/s1. The number of carboxylic acids is 1. The average molecular weight is 354 g/mol. The van der Waals surface area contributed by atoms with Gasteiger partial charge in [-0.25, -0.2) is 0 Å². The van der Waals surface area contributed by atoms with Gasteiger partial charge in [0.15, 0.2) is 0 Å². The first-order valence-electron chi connectivity index (χ1n) is 9.70. The Labute approximate surface area is 151 Å². The molecule has 1 fully saturated rings. The number of carbonyl (C=O) groups is 2. The highest BCUT2D eigenvalue weighted by atomic mass is 16.4. The Balaban J connectivity index is 2.38. The number of rotatable bonds is 13. The number of aliphatic hydroxyl groups excluding tert-OH is 2. The molecule has 0 saturated heterocycles. The second-order valence-electron chi connectivity index (χ2n) is 7.23. The van der Waals surface area contributed by atoms with Gasteiger partial charge in [-0.05, 0) is 50.4 Å². The van der Waals surface area contributed by atoms with Gasteiger partial charge in [-0.2, -0.15) is 0 Å². The third kappa shape index (κ3) is 8.63. The summed E-state index contributed by atoms with van der Waals surface area (Å²) in [6.07, 6.45) is 10.2. The second kappa shape index (κ2) is 12.2. The lowest BCUT2D eigenvalue weighted by atomic mass is 9.86. The van der Waals surface area contributed by atoms with Gasteiger partial charge in [0.1, 0.15) is 5.78 Å². The smallest absolute Gasteiger partial charge is 0.303 e. The SMILES string of the molecule is CCCCCC(=O)CC[C@H]1[C@@H](C/C=C/CCCC(=O)O)[C@@H](O)C[C@H]1O. The van der Waals surface area contributed by atoms with E-state index in [4.69, 9.17) is 5.11 Å². The molecule has 1 saturated carbocycles. The van der Waals surface area contributed by atoms with Gasteiger partial charge in [0.25, 0.3) is 0 Å². The fraction of sp³-hybridized carbons (Fsp3) is 0.800. The predicted octanol–water partition coefficient (Wildman–Crippen LogP) is 3.48. The Morgan fingerprint density at radius 3 is 2.36 bits per heavy atom. The van der Waals surface area contributed by atoms with Gasteiger partial charge >= 0.3 is 5.97 Å². The quantitative estimate of drug-likeness (QED) is 0.348. The first-order chi connectivity index (χ1) is 12.0. The zero-order valence-corrected chi connectivity index (χ0v) is 15.4. The molecule has 0 heterocycles. The highest BCUT2D eigenvalue weighted by Crippen LogP contribution is 2.38. The predicted molar refractivity (Wildman–Crippen MR) is 97.2 cm³/mol. The molecule has 5 heteroatoms. The van der Waals surface area contributed by atoms with E-state index in [0.717, 1.165) is 19.3 Å². The molecular weight excluding hydrogens is 320 g/mol. The first kappa shape index (κ1) is 21.8. The zero-order valence-electron chi connectivity index (χ0n) is 15.4. The molecule has 0 unspecified atom stereocenters. The van der Waals surface area contributed by atoms with Crippen LogP contribution in [-0.4, -0.2) is 39.3 Å². The van der Waals surface area contributed by atoms with Crippen LogP contribution in [0.3, 0.4) is 0 Å². The van der Waals surface area contributed by atoms with Gasteiger partial charge in [-0.3, -0.25) is 9.59 Å². The molecule has 5 nitrogen and oxygen atoms in total. The van der Waals surface area contributed by atoms with Gasteiger partial charge < -0.3 is 15.3 Å². The van der Waals surface area contributed by atoms with Gasteiger partial charge in [0.2, 0.25) is 0 Å². The van der Waals surface area contributed by atoms with Crippen LogP contribution in [0.1, 0.15) is 77.6 Å². The number of allylic oxidation sites excluding steroid dienone is 2. The summed E-state index contributed by atoms with van der Waals surface area (Å²) < 4.78 is 0. The van der Waals surface area contributed by atoms with Crippen LogP contribution in [0, 0.1) is 11.8 Å². The van der Waals surface area contributed by atoms with Crippen LogP contribution in [0.15, 0.2) is 12.2 Å². The van der Waals surface area contributed by atoms with E-state index < -0.39 is 18.2 Å². The molecule has 0 aromatic heterocycles. The number of carbonyl (C=O) groups excluding carboxylic acids is 1. The van der Waals surface area contributed by atoms with E-state index in [1.54, 1.807) is 0 Å². The van der Waals surface area contributed by atoms with Gasteiger partial charge in [-0.1, -0.05) is 31.9 Å². The molecule has 25 heavy (non-hydrogen) atoms. The van der Waals surface area contributed by atoms with E-state index in [-0.39, 0.29) is 24.0 Å². The Bertz CT molecular complexity index is 432. The molecule has 0 spiro atoms. The first-order valence-corrected chi connectivity index (χ1v) is 9.70. The van der Waals surface area contributed by atoms with Gasteiger partial charge in [0, 0.05) is 19.3 Å². The number of ketones is 1. The molecule has 0 amide bonds. The van der Waals surface area contributed by atoms with Crippen molar-refractivity contribution in [2.75, 3.05) is 0 Å².